The van der Waals surface area contributed by atoms with Crippen LogP contribution in [0.3, 0.4) is 0 Å². The first-order valence-corrected chi connectivity index (χ1v) is 7.92. The van der Waals surface area contributed by atoms with Crippen LogP contribution in [0.4, 0.5) is 0 Å². The van der Waals surface area contributed by atoms with Gasteiger partial charge in [-0.2, -0.15) is 0 Å². The zero-order valence-corrected chi connectivity index (χ0v) is 12.9. The normalized spacial score (nSPS) is 25.4. The number of carbonyl (C=O) groups is 1. The molecular weight excluding hydrogens is 320 g/mol. The highest BCUT2D eigenvalue weighted by Gasteiger charge is 2.31. The zero-order chi connectivity index (χ0) is 13.9. The van der Waals surface area contributed by atoms with Crippen molar-refractivity contribution in [3.63, 3.8) is 0 Å². The van der Waals surface area contributed by atoms with E-state index < -0.39 is 0 Å². The minimum atomic E-state index is 0.0827. The molecule has 2 heterocycles. The van der Waals surface area contributed by atoms with Crippen molar-refractivity contribution < 1.29 is 9.53 Å². The predicted molar refractivity (Wildman–Crippen MR) is 80.8 cm³/mol. The molecule has 0 saturated carbocycles. The van der Waals surface area contributed by atoms with Crippen LogP contribution in [0.2, 0.25) is 0 Å². The van der Waals surface area contributed by atoms with Crippen molar-refractivity contribution >= 4 is 21.8 Å². The van der Waals surface area contributed by atoms with Gasteiger partial charge in [0.25, 0.3) is 5.91 Å². The average molecular weight is 339 g/mol. The van der Waals surface area contributed by atoms with E-state index in [1.54, 1.807) is 0 Å². The largest absolute Gasteiger partial charge is 0.484 e. The number of hydrogen-bond donors (Lipinski definition) is 1. The molecule has 2 atom stereocenters. The Morgan fingerprint density at radius 2 is 2.20 bits per heavy atom. The fourth-order valence-electron chi connectivity index (χ4n) is 2.96. The van der Waals surface area contributed by atoms with Gasteiger partial charge in [-0.25, -0.2) is 0 Å². The van der Waals surface area contributed by atoms with Gasteiger partial charge in [-0.3, -0.25) is 4.79 Å². The number of hydrogen-bond acceptors (Lipinski definition) is 3. The summed E-state index contributed by atoms with van der Waals surface area (Å²) in [6.45, 7) is 1.78. The molecule has 2 aliphatic heterocycles. The lowest BCUT2D eigenvalue weighted by Crippen LogP contribution is -2.41. The van der Waals surface area contributed by atoms with Gasteiger partial charge in [-0.1, -0.05) is 22.0 Å². The number of likely N-dealkylation sites (tertiary alicyclic amines) is 1. The lowest BCUT2D eigenvalue weighted by Gasteiger charge is -2.24. The summed E-state index contributed by atoms with van der Waals surface area (Å²) >= 11 is 3.39. The van der Waals surface area contributed by atoms with Gasteiger partial charge in [0.05, 0.1) is 0 Å². The van der Waals surface area contributed by atoms with Crippen LogP contribution in [-0.4, -0.2) is 42.6 Å². The maximum absolute atomic E-state index is 12.2. The van der Waals surface area contributed by atoms with E-state index in [2.05, 4.69) is 21.2 Å². The summed E-state index contributed by atoms with van der Waals surface area (Å²) in [6.07, 6.45) is 3.49. The van der Waals surface area contributed by atoms with Crippen LogP contribution < -0.4 is 10.1 Å². The first kappa shape index (κ1) is 13.9. The topological polar surface area (TPSA) is 41.6 Å². The maximum Gasteiger partial charge on any atom is 0.260 e. The van der Waals surface area contributed by atoms with Crippen LogP contribution in [0.1, 0.15) is 19.3 Å². The summed E-state index contributed by atoms with van der Waals surface area (Å²) in [6, 6.07) is 8.65. The van der Waals surface area contributed by atoms with Crippen LogP contribution >= 0.6 is 15.9 Å². The van der Waals surface area contributed by atoms with Gasteiger partial charge in [0.15, 0.2) is 6.61 Å². The van der Waals surface area contributed by atoms with Crippen molar-refractivity contribution in [3.8, 4) is 5.75 Å². The molecule has 4 nitrogen and oxygen atoms in total. The van der Waals surface area contributed by atoms with E-state index in [0.29, 0.717) is 12.1 Å². The monoisotopic (exact) mass is 338 g/mol. The Kier molecular flexibility index (Phi) is 4.27. The number of ether oxygens (including phenoxy) is 1. The summed E-state index contributed by atoms with van der Waals surface area (Å²) < 4.78 is 6.54. The van der Waals surface area contributed by atoms with E-state index in [9.17, 15) is 4.79 Å². The van der Waals surface area contributed by atoms with Crippen molar-refractivity contribution in [2.45, 2.75) is 31.3 Å². The molecule has 108 valence electrons. The number of nitrogens with zero attached hydrogens (tertiary/aromatic N) is 1. The minimum absolute atomic E-state index is 0.0827. The molecule has 3 rings (SSSR count). The molecule has 2 fully saturated rings. The van der Waals surface area contributed by atoms with Crippen LogP contribution in [0, 0.1) is 0 Å². The van der Waals surface area contributed by atoms with Gasteiger partial charge in [0.2, 0.25) is 0 Å². The third-order valence-corrected chi connectivity index (χ3v) is 4.53. The van der Waals surface area contributed by atoms with E-state index in [1.807, 2.05) is 29.2 Å². The lowest BCUT2D eigenvalue weighted by atomic mass is 10.1. The Balaban J connectivity index is 1.54. The van der Waals surface area contributed by atoms with E-state index >= 15 is 0 Å². The third kappa shape index (κ3) is 3.33. The van der Waals surface area contributed by atoms with Gasteiger partial charge in [0, 0.05) is 29.6 Å². The summed E-state index contributed by atoms with van der Waals surface area (Å²) in [7, 11) is 0. The number of benzene rings is 1. The summed E-state index contributed by atoms with van der Waals surface area (Å²) in [5, 5.41) is 3.58. The van der Waals surface area contributed by atoms with Crippen molar-refractivity contribution in [2.24, 2.45) is 0 Å². The smallest absolute Gasteiger partial charge is 0.260 e. The first-order chi connectivity index (χ1) is 9.70. The molecule has 2 aliphatic rings. The lowest BCUT2D eigenvalue weighted by molar-refractivity contribution is -0.133. The van der Waals surface area contributed by atoms with E-state index in [4.69, 9.17) is 4.74 Å². The van der Waals surface area contributed by atoms with Gasteiger partial charge in [-0.05, 0) is 37.5 Å². The number of nitrogens with one attached hydrogen (secondary N) is 1. The molecule has 1 N–H and O–H groups in total. The van der Waals surface area contributed by atoms with Crippen LogP contribution in [0.5, 0.6) is 5.75 Å². The first-order valence-electron chi connectivity index (χ1n) is 7.13. The van der Waals surface area contributed by atoms with Gasteiger partial charge < -0.3 is 15.0 Å². The Morgan fingerprint density at radius 1 is 1.35 bits per heavy atom. The van der Waals surface area contributed by atoms with Crippen molar-refractivity contribution in [3.05, 3.63) is 28.7 Å². The highest BCUT2D eigenvalue weighted by atomic mass is 79.9. The minimum Gasteiger partial charge on any atom is -0.484 e. The molecule has 0 spiro atoms. The fourth-order valence-corrected chi connectivity index (χ4v) is 3.34. The van der Waals surface area contributed by atoms with Gasteiger partial charge in [-0.15, -0.1) is 0 Å². The predicted octanol–water partition coefficient (Wildman–Crippen LogP) is 2.18. The number of halogens is 1. The number of fused-ring (bicyclic) bond motifs is 2. The van der Waals surface area contributed by atoms with Crippen LogP contribution in [0.25, 0.3) is 0 Å². The number of rotatable bonds is 3. The van der Waals surface area contributed by atoms with Crippen LogP contribution in [0.15, 0.2) is 28.7 Å². The molecule has 20 heavy (non-hydrogen) atoms. The standard InChI is InChI=1S/C15H19BrN2O2/c16-11-2-1-3-14(8-11)20-10-15(19)18-7-6-12-4-5-13(9-18)17-12/h1-3,8,12-13,17H,4-7,9-10H2. The van der Waals surface area contributed by atoms with Gasteiger partial charge >= 0.3 is 0 Å². The zero-order valence-electron chi connectivity index (χ0n) is 11.3. The third-order valence-electron chi connectivity index (χ3n) is 4.03. The molecule has 2 bridgehead atoms. The molecule has 0 aliphatic carbocycles. The van der Waals surface area contributed by atoms with E-state index in [0.717, 1.165) is 29.7 Å². The Bertz CT molecular complexity index is 495. The van der Waals surface area contributed by atoms with Crippen LogP contribution in [-0.2, 0) is 4.79 Å². The second kappa shape index (κ2) is 6.14. The van der Waals surface area contributed by atoms with Crippen molar-refractivity contribution in [1.29, 1.82) is 0 Å². The quantitative estimate of drug-likeness (QED) is 0.918. The molecule has 2 saturated heterocycles. The Labute approximate surface area is 127 Å². The molecule has 1 amide bonds. The Hall–Kier alpha value is -1.07. The highest BCUT2D eigenvalue weighted by molar-refractivity contribution is 9.10. The summed E-state index contributed by atoms with van der Waals surface area (Å²) in [5.41, 5.74) is 0. The van der Waals surface area contributed by atoms with Gasteiger partial charge in [0.1, 0.15) is 5.75 Å². The summed E-state index contributed by atoms with van der Waals surface area (Å²) in [4.78, 5) is 14.2. The van der Waals surface area contributed by atoms with E-state index in [1.165, 1.54) is 12.8 Å². The molecule has 1 aromatic carbocycles. The molecule has 1 aromatic rings. The second-order valence-corrected chi connectivity index (χ2v) is 6.43. The van der Waals surface area contributed by atoms with E-state index in [-0.39, 0.29) is 12.5 Å². The number of amides is 1. The summed E-state index contributed by atoms with van der Waals surface area (Å²) in [5.74, 6) is 0.807. The van der Waals surface area contributed by atoms with Crippen molar-refractivity contribution in [2.75, 3.05) is 19.7 Å². The average Bonchev–Trinajstić information content (AvgIpc) is 2.76. The molecule has 2 unspecified atom stereocenters. The highest BCUT2D eigenvalue weighted by Crippen LogP contribution is 2.21. The molecular formula is C15H19BrN2O2. The molecule has 0 radical (unpaired) electrons. The molecule has 5 heteroatoms. The Morgan fingerprint density at radius 3 is 3.05 bits per heavy atom. The van der Waals surface area contributed by atoms with Crippen molar-refractivity contribution in [1.82, 2.24) is 10.2 Å². The fraction of sp³-hybridized carbons (Fsp3) is 0.533. The second-order valence-electron chi connectivity index (χ2n) is 5.51. The maximum atomic E-state index is 12.2. The number of carbonyl (C=O) groups excluding carboxylic acids is 1. The molecule has 0 aromatic heterocycles. The SMILES string of the molecule is O=C(COc1cccc(Br)c1)N1CCC2CCC(C1)N2.